The number of ketones is 1. The third-order valence-corrected chi connectivity index (χ3v) is 12.4. The second-order valence-corrected chi connectivity index (χ2v) is 15.9. The zero-order valence-electron chi connectivity index (χ0n) is 24.7. The van der Waals surface area contributed by atoms with Gasteiger partial charge in [0.15, 0.2) is 0 Å². The van der Waals surface area contributed by atoms with Gasteiger partial charge in [0.2, 0.25) is 0 Å². The molecule has 0 spiro atoms. The molecule has 2 aromatic rings. The molecule has 2 heterocycles. The average molecular weight is 683 g/mol. The minimum Gasteiger partial charge on any atom is -0.299 e. The van der Waals surface area contributed by atoms with E-state index >= 15 is 0 Å². The number of carbonyl (C=O) groups is 2. The fraction of sp³-hybridized carbons (Fsp3) is 0.516. The summed E-state index contributed by atoms with van der Waals surface area (Å²) in [6.07, 6.45) is 4.21. The molecule has 9 nitrogen and oxygen atoms in total. The number of hydrogen-bond acceptors (Lipinski definition) is 7. The summed E-state index contributed by atoms with van der Waals surface area (Å²) in [6, 6.07) is 11.9. The molecule has 3 fully saturated rings. The Labute approximate surface area is 273 Å². The Morgan fingerprint density at radius 1 is 1.05 bits per heavy atom. The summed E-state index contributed by atoms with van der Waals surface area (Å²) >= 11 is 18.8. The molecule has 1 saturated heterocycles. The van der Waals surface area contributed by atoms with Crippen LogP contribution < -0.4 is 10.4 Å². The number of rotatable bonds is 8. The molecule has 4 aliphatic rings. The highest BCUT2D eigenvalue weighted by Gasteiger charge is 2.66. The number of anilines is 1. The minimum absolute atomic E-state index is 0.00495. The molecule has 3 atom stereocenters. The van der Waals surface area contributed by atoms with Crippen molar-refractivity contribution >= 4 is 68.0 Å². The minimum atomic E-state index is -4.22. The summed E-state index contributed by atoms with van der Waals surface area (Å²) in [6.45, 7) is 4.54. The molecule has 236 valence electrons. The van der Waals surface area contributed by atoms with Gasteiger partial charge in [0.1, 0.15) is 24.6 Å². The van der Waals surface area contributed by atoms with E-state index in [2.05, 4.69) is 10.5 Å². The van der Waals surface area contributed by atoms with Gasteiger partial charge in [-0.1, -0.05) is 65.5 Å². The first-order valence-corrected chi connectivity index (χ1v) is 17.7. The molecule has 1 N–H and O–H groups in total. The number of amides is 1. The zero-order chi connectivity index (χ0) is 31.5. The summed E-state index contributed by atoms with van der Waals surface area (Å²) < 4.78 is 32.8. The number of carbonyl (C=O) groups excluding carboxylic acids is 2. The maximum Gasteiger partial charge on any atom is 0.318 e. The third kappa shape index (κ3) is 5.67. The molecule has 2 aliphatic carbocycles. The second kappa shape index (κ2) is 11.5. The van der Waals surface area contributed by atoms with Crippen LogP contribution in [0, 0.1) is 16.7 Å². The van der Waals surface area contributed by atoms with E-state index < -0.39 is 31.6 Å². The smallest absolute Gasteiger partial charge is 0.299 e. The Morgan fingerprint density at radius 3 is 2.34 bits per heavy atom. The first-order valence-electron chi connectivity index (χ1n) is 15.0. The van der Waals surface area contributed by atoms with Crippen LogP contribution in [-0.4, -0.2) is 49.4 Å². The standard InChI is InChI=1S/C31H35Cl3N4O5S/c1-30(2)21-12-13-31(30,28(39)16-21)19-44(41,42)43-38(14-4-3-5-15-38)36-29(40)25-18-27(20-6-8-22(32)9-7-20)37(35-25)26-11-10-23(33)17-24(26)34/h6-11,17,21,27H,3-5,12-16,18-19H2,1-2H3/p+1/t21?,27-,31?/m1/s1. The van der Waals surface area contributed by atoms with Crippen LogP contribution in [-0.2, 0) is 24.0 Å². The van der Waals surface area contributed by atoms with E-state index in [1.54, 1.807) is 35.3 Å². The summed E-state index contributed by atoms with van der Waals surface area (Å²) in [5, 5.41) is 7.77. The van der Waals surface area contributed by atoms with E-state index in [0.29, 0.717) is 46.4 Å². The largest absolute Gasteiger partial charge is 0.318 e. The van der Waals surface area contributed by atoms with Crippen LogP contribution in [0.5, 0.6) is 0 Å². The van der Waals surface area contributed by atoms with E-state index in [9.17, 15) is 18.0 Å². The maximum absolute atomic E-state index is 13.9. The molecule has 13 heteroatoms. The Kier molecular flexibility index (Phi) is 8.33. The molecule has 2 aliphatic heterocycles. The van der Waals surface area contributed by atoms with Gasteiger partial charge in [0.25, 0.3) is 0 Å². The molecule has 2 bridgehead atoms. The van der Waals surface area contributed by atoms with Crippen LogP contribution in [0.15, 0.2) is 47.6 Å². The highest BCUT2D eigenvalue weighted by molar-refractivity contribution is 7.86. The van der Waals surface area contributed by atoms with Crippen molar-refractivity contribution in [1.82, 2.24) is 5.43 Å². The van der Waals surface area contributed by atoms with Crippen molar-refractivity contribution in [3.05, 3.63) is 63.1 Å². The Balaban J connectivity index is 1.27. The number of piperidine rings is 1. The lowest BCUT2D eigenvalue weighted by molar-refractivity contribution is -1.11. The fourth-order valence-electron chi connectivity index (χ4n) is 7.61. The number of hydrazone groups is 1. The lowest BCUT2D eigenvalue weighted by atomic mass is 9.70. The Morgan fingerprint density at radius 2 is 1.73 bits per heavy atom. The van der Waals surface area contributed by atoms with Gasteiger partial charge in [-0.2, -0.15) is 18.9 Å². The number of benzene rings is 2. The lowest BCUT2D eigenvalue weighted by Gasteiger charge is -2.39. The summed E-state index contributed by atoms with van der Waals surface area (Å²) in [4.78, 5) is 27.0. The van der Waals surface area contributed by atoms with Gasteiger partial charge in [-0.15, -0.1) is 0 Å². The Hall–Kier alpha value is -2.21. The molecule has 6 rings (SSSR count). The summed E-state index contributed by atoms with van der Waals surface area (Å²) in [5.41, 5.74) is 3.11. The highest BCUT2D eigenvalue weighted by atomic mass is 35.5. The van der Waals surface area contributed by atoms with Crippen LogP contribution in [0.3, 0.4) is 0 Å². The number of hydrogen-bond donors (Lipinski definition) is 1. The van der Waals surface area contributed by atoms with Gasteiger partial charge in [-0.05, 0) is 70.8 Å². The summed E-state index contributed by atoms with van der Waals surface area (Å²) in [7, 11) is -4.22. The molecule has 0 radical (unpaired) electrons. The van der Waals surface area contributed by atoms with Crippen LogP contribution >= 0.6 is 34.8 Å². The van der Waals surface area contributed by atoms with Gasteiger partial charge >= 0.3 is 16.0 Å². The number of Topliss-reactive ketones (excluding diaryl/α,β-unsaturated/α-hetero) is 1. The number of nitrogens with one attached hydrogen (secondary N) is 1. The van der Waals surface area contributed by atoms with Gasteiger partial charge in [-0.25, -0.2) is 0 Å². The van der Waals surface area contributed by atoms with E-state index in [0.717, 1.165) is 18.4 Å². The average Bonchev–Trinajstić information content (AvgIpc) is 3.54. The zero-order valence-corrected chi connectivity index (χ0v) is 27.8. The predicted octanol–water partition coefficient (Wildman–Crippen LogP) is 6.64. The van der Waals surface area contributed by atoms with Crippen molar-refractivity contribution < 1.29 is 27.0 Å². The number of quaternary nitrogens is 1. The van der Waals surface area contributed by atoms with E-state index in [1.807, 2.05) is 26.0 Å². The monoisotopic (exact) mass is 681 g/mol. The number of fused-ring (bicyclic) bond motifs is 2. The predicted molar refractivity (Wildman–Crippen MR) is 171 cm³/mol. The first kappa shape index (κ1) is 31.8. The maximum atomic E-state index is 13.9. The van der Waals surface area contributed by atoms with Gasteiger partial charge in [-0.3, -0.25) is 14.6 Å². The number of nitrogens with zero attached hydrogens (tertiary/aromatic N) is 3. The SMILES string of the molecule is CC1(C)C2CCC1(CS(=O)(=O)O[N+]1(NC(=O)C3=NN(c4ccc(Cl)cc4Cl)[C@@H](c4ccc(Cl)cc4)C3)CCCCC1)C(=O)C2. The molecular weight excluding hydrogens is 647 g/mol. The van der Waals surface area contributed by atoms with Crippen LogP contribution in [0.1, 0.15) is 70.4 Å². The topological polar surface area (TPSA) is 105 Å². The second-order valence-electron chi connectivity index (χ2n) is 13.0. The molecular formula is C31H36Cl3N4O5S+. The van der Waals surface area contributed by atoms with Crippen molar-refractivity contribution in [2.24, 2.45) is 21.8 Å². The summed E-state index contributed by atoms with van der Waals surface area (Å²) in [5.74, 6) is -0.755. The van der Waals surface area contributed by atoms with Gasteiger partial charge < -0.3 is 0 Å². The fourth-order valence-corrected chi connectivity index (χ4v) is 10.2. The molecule has 44 heavy (non-hydrogen) atoms. The van der Waals surface area contributed by atoms with E-state index in [-0.39, 0.29) is 48.7 Å². The highest BCUT2D eigenvalue weighted by Crippen LogP contribution is 2.64. The number of halogens is 3. The van der Waals surface area contributed by atoms with Crippen molar-refractivity contribution in [1.29, 1.82) is 0 Å². The van der Waals surface area contributed by atoms with Gasteiger partial charge in [0.05, 0.1) is 27.9 Å². The van der Waals surface area contributed by atoms with Crippen LogP contribution in [0.4, 0.5) is 5.69 Å². The van der Waals surface area contributed by atoms with Crippen molar-refractivity contribution in [3.8, 4) is 0 Å². The van der Waals surface area contributed by atoms with Crippen molar-refractivity contribution in [2.75, 3.05) is 23.9 Å². The van der Waals surface area contributed by atoms with Crippen molar-refractivity contribution in [3.63, 3.8) is 0 Å². The molecule has 2 unspecified atom stereocenters. The van der Waals surface area contributed by atoms with Crippen LogP contribution in [0.25, 0.3) is 0 Å². The van der Waals surface area contributed by atoms with Crippen molar-refractivity contribution in [2.45, 2.75) is 64.8 Å². The molecule has 1 amide bonds. The third-order valence-electron chi connectivity index (χ3n) is 10.2. The quantitative estimate of drug-likeness (QED) is 0.313. The lowest BCUT2D eigenvalue weighted by Crippen LogP contribution is -2.64. The molecule has 0 aromatic heterocycles. The number of hydroxylamine groups is 2. The first-order chi connectivity index (χ1) is 20.7. The van der Waals surface area contributed by atoms with E-state index in [1.165, 1.54) is 0 Å². The normalized spacial score (nSPS) is 27.4. The molecule has 2 saturated carbocycles. The molecule has 2 aromatic carbocycles. The van der Waals surface area contributed by atoms with Crippen LogP contribution in [0.2, 0.25) is 15.1 Å². The van der Waals surface area contributed by atoms with Gasteiger partial charge in [0, 0.05) is 35.7 Å². The Bertz CT molecular complexity index is 1630. The van der Waals surface area contributed by atoms with E-state index in [4.69, 9.17) is 39.1 Å².